The fourth-order valence-electron chi connectivity index (χ4n) is 1.53. The van der Waals surface area contributed by atoms with Crippen LogP contribution in [0, 0.1) is 0 Å². The summed E-state index contributed by atoms with van der Waals surface area (Å²) in [4.78, 5) is 23.9. The molecule has 19 heavy (non-hydrogen) atoms. The molecule has 0 radical (unpaired) electrons. The lowest BCUT2D eigenvalue weighted by Gasteiger charge is -2.06. The molecule has 1 aromatic heterocycles. The molecule has 0 spiro atoms. The summed E-state index contributed by atoms with van der Waals surface area (Å²) in [6.07, 6.45) is 3.14. The molecule has 0 atom stereocenters. The molecule has 2 aromatic rings. The second-order valence-corrected chi connectivity index (χ2v) is 4.73. The third-order valence-electron chi connectivity index (χ3n) is 2.39. The van der Waals surface area contributed by atoms with Crippen LogP contribution < -0.4 is 11.1 Å². The topological polar surface area (TPSA) is 72.2 Å². The summed E-state index contributed by atoms with van der Waals surface area (Å²) in [5.41, 5.74) is 5.94. The molecule has 0 fully saturated rings. The number of benzene rings is 1. The average Bonchev–Trinajstić information content (AvgIpc) is 2.90. The highest BCUT2D eigenvalue weighted by atomic mass is 32.1. The number of primary amides is 1. The first-order chi connectivity index (χ1) is 9.16. The first-order valence-corrected chi connectivity index (χ1v) is 6.46. The lowest BCUT2D eigenvalue weighted by atomic mass is 10.1. The molecule has 1 heterocycles. The summed E-state index contributed by atoms with van der Waals surface area (Å²) >= 11 is 1.54. The van der Waals surface area contributed by atoms with Gasteiger partial charge in [0.2, 0.25) is 5.91 Å². The standard InChI is InChI=1S/C14H12N2O2S/c15-14(18)11-5-1-2-6-12(11)16-13(17)8-7-10-4-3-9-19-10/h1-9H,(H2,15,18)(H,16,17). The maximum absolute atomic E-state index is 11.7. The van der Waals surface area contributed by atoms with Gasteiger partial charge in [0, 0.05) is 11.0 Å². The zero-order valence-corrected chi connectivity index (χ0v) is 10.8. The van der Waals surface area contributed by atoms with Gasteiger partial charge in [-0.3, -0.25) is 9.59 Å². The Morgan fingerprint density at radius 3 is 2.63 bits per heavy atom. The van der Waals surface area contributed by atoms with Gasteiger partial charge in [-0.15, -0.1) is 11.3 Å². The van der Waals surface area contributed by atoms with Gasteiger partial charge in [-0.25, -0.2) is 0 Å². The van der Waals surface area contributed by atoms with Crippen LogP contribution >= 0.6 is 11.3 Å². The fraction of sp³-hybridized carbons (Fsp3) is 0. The van der Waals surface area contributed by atoms with Crippen LogP contribution in [-0.4, -0.2) is 11.8 Å². The number of anilines is 1. The van der Waals surface area contributed by atoms with Gasteiger partial charge in [-0.05, 0) is 29.7 Å². The number of hydrogen-bond donors (Lipinski definition) is 2. The Labute approximate surface area is 114 Å². The highest BCUT2D eigenvalue weighted by Gasteiger charge is 2.08. The molecule has 5 heteroatoms. The Balaban J connectivity index is 2.09. The highest BCUT2D eigenvalue weighted by Crippen LogP contribution is 2.15. The molecule has 1 aromatic carbocycles. The number of carbonyl (C=O) groups excluding carboxylic acids is 2. The van der Waals surface area contributed by atoms with Crippen LogP contribution in [0.25, 0.3) is 6.08 Å². The van der Waals surface area contributed by atoms with E-state index in [0.29, 0.717) is 11.3 Å². The molecule has 0 bridgehead atoms. The summed E-state index contributed by atoms with van der Waals surface area (Å²) in [6, 6.07) is 10.4. The molecule has 96 valence electrons. The number of rotatable bonds is 4. The molecule has 2 rings (SSSR count). The quantitative estimate of drug-likeness (QED) is 0.839. The van der Waals surface area contributed by atoms with Gasteiger partial charge in [0.25, 0.3) is 5.91 Å². The van der Waals surface area contributed by atoms with Gasteiger partial charge in [0.1, 0.15) is 0 Å². The van der Waals surface area contributed by atoms with Crippen molar-refractivity contribution in [3.63, 3.8) is 0 Å². The lowest BCUT2D eigenvalue weighted by molar-refractivity contribution is -0.111. The van der Waals surface area contributed by atoms with E-state index >= 15 is 0 Å². The second kappa shape index (κ2) is 5.97. The number of nitrogens with one attached hydrogen (secondary N) is 1. The van der Waals surface area contributed by atoms with Gasteiger partial charge in [-0.1, -0.05) is 18.2 Å². The van der Waals surface area contributed by atoms with Crippen LogP contribution in [-0.2, 0) is 4.79 Å². The van der Waals surface area contributed by atoms with Crippen molar-refractivity contribution >= 4 is 34.9 Å². The van der Waals surface area contributed by atoms with Crippen molar-refractivity contribution in [2.75, 3.05) is 5.32 Å². The van der Waals surface area contributed by atoms with Crippen molar-refractivity contribution in [2.45, 2.75) is 0 Å². The van der Waals surface area contributed by atoms with E-state index in [0.717, 1.165) is 4.88 Å². The predicted octanol–water partition coefficient (Wildman–Crippen LogP) is 2.50. The average molecular weight is 272 g/mol. The molecule has 3 N–H and O–H groups in total. The third-order valence-corrected chi connectivity index (χ3v) is 3.23. The first-order valence-electron chi connectivity index (χ1n) is 5.58. The minimum absolute atomic E-state index is 0.292. The molecular weight excluding hydrogens is 260 g/mol. The molecule has 0 saturated heterocycles. The molecule has 4 nitrogen and oxygen atoms in total. The van der Waals surface area contributed by atoms with Crippen molar-refractivity contribution in [1.82, 2.24) is 0 Å². The summed E-state index contributed by atoms with van der Waals surface area (Å²) in [5.74, 6) is -0.875. The number of thiophene rings is 1. The maximum atomic E-state index is 11.7. The Hall–Kier alpha value is -2.40. The van der Waals surface area contributed by atoms with Gasteiger partial charge < -0.3 is 11.1 Å². The fourth-order valence-corrected chi connectivity index (χ4v) is 2.14. The molecule has 0 aliphatic rings. The van der Waals surface area contributed by atoms with Crippen molar-refractivity contribution in [2.24, 2.45) is 5.73 Å². The van der Waals surface area contributed by atoms with Crippen LogP contribution in [0.3, 0.4) is 0 Å². The zero-order chi connectivity index (χ0) is 13.7. The molecule has 0 aliphatic carbocycles. The van der Waals surface area contributed by atoms with Crippen molar-refractivity contribution in [3.8, 4) is 0 Å². The van der Waals surface area contributed by atoms with Gasteiger partial charge in [0.15, 0.2) is 0 Å². The van der Waals surface area contributed by atoms with E-state index in [2.05, 4.69) is 5.32 Å². The third kappa shape index (κ3) is 3.53. The number of carbonyl (C=O) groups is 2. The maximum Gasteiger partial charge on any atom is 0.250 e. The number of para-hydroxylation sites is 1. The minimum atomic E-state index is -0.571. The highest BCUT2D eigenvalue weighted by molar-refractivity contribution is 7.10. The molecule has 0 saturated carbocycles. The smallest absolute Gasteiger partial charge is 0.250 e. The van der Waals surface area contributed by atoms with E-state index in [9.17, 15) is 9.59 Å². The normalized spacial score (nSPS) is 10.5. The summed E-state index contributed by atoms with van der Waals surface area (Å²) in [6.45, 7) is 0. The first kappa shape index (κ1) is 13.0. The van der Waals surface area contributed by atoms with Crippen LogP contribution in [0.5, 0.6) is 0 Å². The van der Waals surface area contributed by atoms with Gasteiger partial charge in [-0.2, -0.15) is 0 Å². The predicted molar refractivity (Wildman–Crippen MR) is 76.9 cm³/mol. The monoisotopic (exact) mass is 272 g/mol. The van der Waals surface area contributed by atoms with Gasteiger partial charge >= 0.3 is 0 Å². The minimum Gasteiger partial charge on any atom is -0.366 e. The van der Waals surface area contributed by atoms with E-state index in [1.165, 1.54) is 17.4 Å². The van der Waals surface area contributed by atoms with Crippen molar-refractivity contribution in [3.05, 3.63) is 58.3 Å². The molecule has 2 amide bonds. The molecule has 0 aliphatic heterocycles. The number of nitrogens with two attached hydrogens (primary N) is 1. The van der Waals surface area contributed by atoms with Crippen molar-refractivity contribution < 1.29 is 9.59 Å². The van der Waals surface area contributed by atoms with Crippen molar-refractivity contribution in [1.29, 1.82) is 0 Å². The Morgan fingerprint density at radius 2 is 1.95 bits per heavy atom. The van der Waals surface area contributed by atoms with E-state index < -0.39 is 5.91 Å². The summed E-state index contributed by atoms with van der Waals surface area (Å²) < 4.78 is 0. The van der Waals surface area contributed by atoms with Crippen LogP contribution in [0.1, 0.15) is 15.2 Å². The molecular formula is C14H12N2O2S. The second-order valence-electron chi connectivity index (χ2n) is 3.75. The van der Waals surface area contributed by atoms with Gasteiger partial charge in [0.05, 0.1) is 11.3 Å². The van der Waals surface area contributed by atoms with E-state index in [-0.39, 0.29) is 5.91 Å². The van der Waals surface area contributed by atoms with Crippen LogP contribution in [0.4, 0.5) is 5.69 Å². The SMILES string of the molecule is NC(=O)c1ccccc1NC(=O)C=Cc1cccs1. The summed E-state index contributed by atoms with van der Waals surface area (Å²) in [7, 11) is 0. The Bertz CT molecular complexity index is 618. The molecule has 0 unspecified atom stereocenters. The van der Waals surface area contributed by atoms with Crippen LogP contribution in [0.2, 0.25) is 0 Å². The largest absolute Gasteiger partial charge is 0.366 e. The zero-order valence-electron chi connectivity index (χ0n) is 10.00. The number of hydrogen-bond acceptors (Lipinski definition) is 3. The van der Waals surface area contributed by atoms with Crippen LogP contribution in [0.15, 0.2) is 47.9 Å². The Kier molecular flexibility index (Phi) is 4.10. The summed E-state index contributed by atoms with van der Waals surface area (Å²) in [5, 5.41) is 4.56. The Morgan fingerprint density at radius 1 is 1.16 bits per heavy atom. The van der Waals surface area contributed by atoms with E-state index in [4.69, 9.17) is 5.73 Å². The van der Waals surface area contributed by atoms with E-state index in [1.807, 2.05) is 17.5 Å². The van der Waals surface area contributed by atoms with E-state index in [1.54, 1.807) is 30.3 Å². The number of amides is 2. The lowest BCUT2D eigenvalue weighted by Crippen LogP contribution is -2.16.